The van der Waals surface area contributed by atoms with Gasteiger partial charge in [0.05, 0.1) is 56.3 Å². The fraction of sp³-hybridized carbons (Fsp3) is 0.291. The van der Waals surface area contributed by atoms with Gasteiger partial charge in [-0.1, -0.05) is 18.0 Å². The number of hydrogen-bond donors (Lipinski definition) is 0. The highest BCUT2D eigenvalue weighted by Crippen LogP contribution is 2.25. The van der Waals surface area contributed by atoms with E-state index in [2.05, 4.69) is 18.3 Å². The quantitative estimate of drug-likeness (QED) is 0.00614. The Morgan fingerprint density at radius 1 is 0.500 bits per heavy atom. The summed E-state index contributed by atoms with van der Waals surface area (Å²) in [6, 6.07) is 30.6. The zero-order chi connectivity index (χ0) is 51.5. The molecule has 0 aliphatic carbocycles. The fourth-order valence-corrected chi connectivity index (χ4v) is 6.45. The maximum atomic E-state index is 13.6. The van der Waals surface area contributed by atoms with E-state index in [0.717, 1.165) is 30.7 Å². The number of benzene rings is 5. The molecular formula is C55H59N3O14. The Labute approximate surface area is 418 Å². The number of rotatable bonds is 30. The average molecular weight is 986 g/mol. The molecule has 0 amide bonds. The molecule has 5 aromatic carbocycles. The Hall–Kier alpha value is -8.47. The van der Waals surface area contributed by atoms with E-state index in [-0.39, 0.29) is 48.0 Å². The van der Waals surface area contributed by atoms with Crippen LogP contribution in [0.3, 0.4) is 0 Å². The van der Waals surface area contributed by atoms with Crippen LogP contribution in [0.5, 0.6) is 28.7 Å². The molecule has 5 aromatic rings. The van der Waals surface area contributed by atoms with Crippen molar-refractivity contribution in [2.45, 2.75) is 51.4 Å². The van der Waals surface area contributed by atoms with Crippen LogP contribution in [0.25, 0.3) is 0 Å². The van der Waals surface area contributed by atoms with Gasteiger partial charge in [-0.15, -0.1) is 0 Å². The molecule has 5 rings (SSSR count). The van der Waals surface area contributed by atoms with Crippen molar-refractivity contribution in [3.8, 4) is 28.7 Å². The number of carbonyl (C=O) groups excluding carboxylic acids is 5. The van der Waals surface area contributed by atoms with Gasteiger partial charge >= 0.3 is 29.8 Å². The van der Waals surface area contributed by atoms with Crippen LogP contribution in [-0.2, 0) is 23.8 Å². The van der Waals surface area contributed by atoms with E-state index in [1.165, 1.54) is 30.3 Å². The Morgan fingerprint density at radius 2 is 0.931 bits per heavy atom. The van der Waals surface area contributed by atoms with Crippen molar-refractivity contribution in [1.82, 2.24) is 0 Å². The van der Waals surface area contributed by atoms with Crippen molar-refractivity contribution in [2.75, 3.05) is 58.6 Å². The van der Waals surface area contributed by atoms with Gasteiger partial charge in [0.15, 0.2) is 0 Å². The van der Waals surface area contributed by atoms with Gasteiger partial charge < -0.3 is 48.0 Å². The summed E-state index contributed by atoms with van der Waals surface area (Å²) in [5.74, 6) is -1.36. The van der Waals surface area contributed by atoms with Crippen molar-refractivity contribution in [2.24, 2.45) is 5.11 Å². The highest BCUT2D eigenvalue weighted by Gasteiger charge is 2.23. The standard InChI is InChI=1S/C55H59N3O14/c1-5-51(59)68-36-13-11-34-66-45-24-28-47(29-25-45)71-53(61)40-15-32-49(55(63)72-48-30-26-46(27-31-48)67-35-12-14-37-69-52(60)6-2)50(39-40)54(62)70-38-10-8-7-9-33-65-44-22-16-41(17-23-44)56-58(64)43-20-18-42(19-21-43)57(3)4/h5-6,15-32,39H,1-2,7-14,33-38H2,3-4H3. The normalized spacial score (nSPS) is 10.8. The van der Waals surface area contributed by atoms with Gasteiger partial charge in [0.25, 0.3) is 0 Å². The summed E-state index contributed by atoms with van der Waals surface area (Å²) >= 11 is 0. The molecule has 72 heavy (non-hydrogen) atoms. The van der Waals surface area contributed by atoms with Gasteiger partial charge in [-0.05, 0) is 154 Å². The van der Waals surface area contributed by atoms with Crippen LogP contribution in [0, 0.1) is 5.21 Å². The number of unbranched alkanes of at least 4 members (excludes halogenated alkanes) is 5. The van der Waals surface area contributed by atoms with Gasteiger partial charge in [0, 0.05) is 49.2 Å². The summed E-state index contributed by atoms with van der Waals surface area (Å²) in [5.41, 5.74) is 1.53. The molecule has 378 valence electrons. The van der Waals surface area contributed by atoms with Crippen LogP contribution < -0.4 is 28.6 Å². The lowest BCUT2D eigenvalue weighted by Gasteiger charge is -2.12. The topological polar surface area (TPSA) is 201 Å². The number of nitrogens with zero attached hydrogens (tertiary/aromatic N) is 3. The molecule has 0 aliphatic heterocycles. The minimum Gasteiger partial charge on any atom is -0.594 e. The van der Waals surface area contributed by atoms with Gasteiger partial charge in [-0.2, -0.15) is 0 Å². The van der Waals surface area contributed by atoms with Gasteiger partial charge in [0.1, 0.15) is 34.4 Å². The van der Waals surface area contributed by atoms with E-state index in [1.807, 2.05) is 31.1 Å². The Balaban J connectivity index is 1.12. The van der Waals surface area contributed by atoms with Crippen molar-refractivity contribution in [1.29, 1.82) is 0 Å². The summed E-state index contributed by atoms with van der Waals surface area (Å²) in [7, 11) is 3.85. The molecule has 0 atom stereocenters. The zero-order valence-corrected chi connectivity index (χ0v) is 40.5. The molecule has 0 unspecified atom stereocenters. The molecule has 0 aliphatic rings. The van der Waals surface area contributed by atoms with E-state index in [4.69, 9.17) is 37.9 Å². The van der Waals surface area contributed by atoms with Crippen LogP contribution in [0.4, 0.5) is 17.1 Å². The van der Waals surface area contributed by atoms with E-state index < -0.39 is 29.8 Å². The molecule has 0 fully saturated rings. The van der Waals surface area contributed by atoms with Crippen LogP contribution in [0.15, 0.2) is 146 Å². The first-order valence-corrected chi connectivity index (χ1v) is 23.4. The first-order valence-electron chi connectivity index (χ1n) is 23.4. The zero-order valence-electron chi connectivity index (χ0n) is 40.5. The minimum atomic E-state index is -0.861. The lowest BCUT2D eigenvalue weighted by atomic mass is 10.0. The molecule has 17 heteroatoms. The van der Waals surface area contributed by atoms with E-state index in [9.17, 15) is 29.2 Å². The summed E-state index contributed by atoms with van der Waals surface area (Å²) in [6.07, 6.45) is 7.44. The van der Waals surface area contributed by atoms with Gasteiger partial charge in [-0.3, -0.25) is 0 Å². The maximum absolute atomic E-state index is 13.6. The number of carbonyl (C=O) groups is 5. The Bertz CT molecular complexity index is 2600. The number of anilines is 1. The molecular weight excluding hydrogens is 927 g/mol. The highest BCUT2D eigenvalue weighted by atomic mass is 16.6. The summed E-state index contributed by atoms with van der Waals surface area (Å²) in [6.45, 7) is 8.45. The smallest absolute Gasteiger partial charge is 0.344 e. The minimum absolute atomic E-state index is 0.0150. The third kappa shape index (κ3) is 18.8. The predicted octanol–water partition coefficient (Wildman–Crippen LogP) is 10.7. The monoisotopic (exact) mass is 985 g/mol. The second-order valence-corrected chi connectivity index (χ2v) is 16.0. The largest absolute Gasteiger partial charge is 0.594 e. The summed E-state index contributed by atoms with van der Waals surface area (Å²) in [4.78, 5) is 65.4. The third-order valence-electron chi connectivity index (χ3n) is 10.4. The highest BCUT2D eigenvalue weighted by molar-refractivity contribution is 6.06. The Kier molecular flexibility index (Phi) is 22.3. The van der Waals surface area contributed by atoms with E-state index >= 15 is 0 Å². The average Bonchev–Trinajstić information content (AvgIpc) is 3.39. The van der Waals surface area contributed by atoms with Crippen LogP contribution >= 0.6 is 0 Å². The molecule has 0 N–H and O–H groups in total. The van der Waals surface area contributed by atoms with Crippen LogP contribution in [0.1, 0.15) is 82.4 Å². The number of ether oxygens (including phenoxy) is 8. The molecule has 17 nitrogen and oxygen atoms in total. The molecule has 0 radical (unpaired) electrons. The van der Waals surface area contributed by atoms with E-state index in [1.54, 1.807) is 72.8 Å². The lowest BCUT2D eigenvalue weighted by Crippen LogP contribution is -2.18. The third-order valence-corrected chi connectivity index (χ3v) is 10.4. The summed E-state index contributed by atoms with van der Waals surface area (Å²) < 4.78 is 44.0. The maximum Gasteiger partial charge on any atom is 0.344 e. The van der Waals surface area contributed by atoms with Crippen LogP contribution in [-0.4, -0.2) is 88.4 Å². The second kappa shape index (κ2) is 29.5. The van der Waals surface area contributed by atoms with Gasteiger partial charge in [-0.25, -0.2) is 24.0 Å². The van der Waals surface area contributed by atoms with Crippen molar-refractivity contribution in [3.63, 3.8) is 0 Å². The van der Waals surface area contributed by atoms with Crippen molar-refractivity contribution < 1.29 is 66.7 Å². The Morgan fingerprint density at radius 3 is 1.43 bits per heavy atom. The molecule has 0 saturated heterocycles. The number of esters is 5. The SMILES string of the molecule is C=CC(=O)OCCCCOc1ccc(OC(=O)c2ccc(C(=O)Oc3ccc(OCCCCOC(=O)C=C)cc3)c(C(=O)OCCCCCCOc3ccc(N=[N+]([O-])c4ccc(N(C)C)cc4)cc3)c2)cc1. The predicted molar refractivity (Wildman–Crippen MR) is 268 cm³/mol. The molecule has 0 aromatic heterocycles. The molecule has 0 heterocycles. The first kappa shape index (κ1) is 54.5. The lowest BCUT2D eigenvalue weighted by molar-refractivity contribution is -0.435. The molecule has 0 saturated carbocycles. The number of hydrogen-bond acceptors (Lipinski definition) is 16. The molecule has 0 bridgehead atoms. The van der Waals surface area contributed by atoms with Crippen LogP contribution in [0.2, 0.25) is 0 Å². The van der Waals surface area contributed by atoms with Crippen molar-refractivity contribution >= 4 is 46.9 Å². The fourth-order valence-electron chi connectivity index (χ4n) is 6.45. The summed E-state index contributed by atoms with van der Waals surface area (Å²) in [5, 5.41) is 16.7. The van der Waals surface area contributed by atoms with Crippen molar-refractivity contribution in [3.05, 3.63) is 162 Å². The molecule has 0 spiro atoms. The second-order valence-electron chi connectivity index (χ2n) is 16.0. The number of azo groups is 1. The first-order chi connectivity index (χ1) is 34.9. The van der Waals surface area contributed by atoms with Gasteiger partial charge in [0.2, 0.25) is 5.69 Å². The van der Waals surface area contributed by atoms with E-state index in [0.29, 0.717) is 91.8 Å².